The molecule has 0 spiro atoms. The lowest BCUT2D eigenvalue weighted by Gasteiger charge is -2.02. The normalized spacial score (nSPS) is 11.7. The summed E-state index contributed by atoms with van der Waals surface area (Å²) in [4.78, 5) is 11.0. The monoisotopic (exact) mass is 338 g/mol. The first-order chi connectivity index (χ1) is 9.98. The van der Waals surface area contributed by atoms with Gasteiger partial charge in [0, 0.05) is 17.1 Å². The predicted octanol–water partition coefficient (Wildman–Crippen LogP) is 5.56. The molecule has 0 N–H and O–H groups in total. The molecule has 0 fully saturated rings. The largest absolute Gasteiger partial charge is 0.294 e. The molecule has 0 aliphatic carbocycles. The quantitative estimate of drug-likeness (QED) is 0.307. The molecule has 5 heteroatoms. The Balaban J connectivity index is 3.18. The maximum Gasteiger partial charge on any atom is 0.294 e. The SMILES string of the molecule is CCCCCCCCCCCCCCCC(=O)S(=O)(=O)Cl. The Morgan fingerprint density at radius 2 is 1.05 bits per heavy atom. The lowest BCUT2D eigenvalue weighted by Crippen LogP contribution is -2.06. The molecule has 0 amide bonds. The zero-order chi connectivity index (χ0) is 16.0. The van der Waals surface area contributed by atoms with Crippen LogP contribution in [0.3, 0.4) is 0 Å². The van der Waals surface area contributed by atoms with E-state index >= 15 is 0 Å². The van der Waals surface area contributed by atoms with E-state index in [1.807, 2.05) is 0 Å². The van der Waals surface area contributed by atoms with Crippen LogP contribution in [0, 0.1) is 0 Å². The fourth-order valence-electron chi connectivity index (χ4n) is 2.41. The van der Waals surface area contributed by atoms with Crippen molar-refractivity contribution in [2.45, 2.75) is 96.8 Å². The highest BCUT2D eigenvalue weighted by Crippen LogP contribution is 2.13. The van der Waals surface area contributed by atoms with Crippen LogP contribution in [0.2, 0.25) is 0 Å². The third-order valence-electron chi connectivity index (χ3n) is 3.76. The Bertz CT molecular complexity index is 353. The first-order valence-corrected chi connectivity index (χ1v) is 10.8. The van der Waals surface area contributed by atoms with E-state index in [4.69, 9.17) is 10.7 Å². The van der Waals surface area contributed by atoms with Crippen LogP contribution in [0.25, 0.3) is 0 Å². The summed E-state index contributed by atoms with van der Waals surface area (Å²) in [6.07, 6.45) is 15.9. The number of carbonyl (C=O) groups is 1. The standard InChI is InChI=1S/C16H31ClO3S/c1-2-3-4-5-6-7-8-9-10-11-12-13-14-15-16(18)21(17,19)20/h2-15H2,1H3. The fraction of sp³-hybridized carbons (Fsp3) is 0.938. The van der Waals surface area contributed by atoms with E-state index in [-0.39, 0.29) is 6.42 Å². The van der Waals surface area contributed by atoms with Gasteiger partial charge in [-0.1, -0.05) is 84.0 Å². The molecule has 3 nitrogen and oxygen atoms in total. The van der Waals surface area contributed by atoms with Gasteiger partial charge in [-0.15, -0.1) is 0 Å². The lowest BCUT2D eigenvalue weighted by molar-refractivity contribution is -0.111. The second-order valence-corrected chi connectivity index (χ2v) is 8.35. The number of rotatable bonds is 14. The van der Waals surface area contributed by atoms with Gasteiger partial charge in [0.15, 0.2) is 0 Å². The van der Waals surface area contributed by atoms with Crippen molar-refractivity contribution >= 4 is 24.8 Å². The third kappa shape index (κ3) is 14.6. The molecule has 0 aliphatic rings. The average molecular weight is 339 g/mol. The lowest BCUT2D eigenvalue weighted by atomic mass is 10.0. The van der Waals surface area contributed by atoms with Crippen LogP contribution in [0.4, 0.5) is 0 Å². The van der Waals surface area contributed by atoms with Crippen LogP contribution in [-0.2, 0) is 13.8 Å². The summed E-state index contributed by atoms with van der Waals surface area (Å²) in [6.45, 7) is 2.24. The van der Waals surface area contributed by atoms with Crippen LogP contribution >= 0.6 is 10.7 Å². The topological polar surface area (TPSA) is 51.2 Å². The maximum atomic E-state index is 11.0. The second-order valence-electron chi connectivity index (χ2n) is 5.80. The number of carbonyl (C=O) groups excluding carboxylic acids is 1. The molecule has 0 saturated carbocycles. The number of unbranched alkanes of at least 4 members (excludes halogenated alkanes) is 12. The Morgan fingerprint density at radius 3 is 1.38 bits per heavy atom. The van der Waals surface area contributed by atoms with Crippen LogP contribution in [0.5, 0.6) is 0 Å². The predicted molar refractivity (Wildman–Crippen MR) is 90.1 cm³/mol. The summed E-state index contributed by atoms with van der Waals surface area (Å²) >= 11 is 0. The van der Waals surface area contributed by atoms with Gasteiger partial charge in [0.05, 0.1) is 0 Å². The van der Waals surface area contributed by atoms with Crippen LogP contribution < -0.4 is 0 Å². The Kier molecular flexibility index (Phi) is 13.5. The van der Waals surface area contributed by atoms with Crippen molar-refractivity contribution in [3.63, 3.8) is 0 Å². The summed E-state index contributed by atoms with van der Waals surface area (Å²) in [7, 11) is 0.971. The van der Waals surface area contributed by atoms with Crippen molar-refractivity contribution in [1.29, 1.82) is 0 Å². The highest BCUT2D eigenvalue weighted by molar-refractivity contribution is 8.25. The van der Waals surface area contributed by atoms with Crippen molar-refractivity contribution in [2.75, 3.05) is 0 Å². The number of halogens is 1. The number of hydrogen-bond acceptors (Lipinski definition) is 3. The summed E-state index contributed by atoms with van der Waals surface area (Å²) < 4.78 is 21.4. The molecular weight excluding hydrogens is 308 g/mol. The molecule has 0 heterocycles. The van der Waals surface area contributed by atoms with Crippen LogP contribution in [0.15, 0.2) is 0 Å². The molecule has 0 rings (SSSR count). The van der Waals surface area contributed by atoms with Gasteiger partial charge in [0.1, 0.15) is 0 Å². The third-order valence-corrected chi connectivity index (χ3v) is 5.02. The highest BCUT2D eigenvalue weighted by Gasteiger charge is 2.17. The first-order valence-electron chi connectivity index (χ1n) is 8.46. The molecule has 0 aromatic heterocycles. The van der Waals surface area contributed by atoms with Gasteiger partial charge in [0.2, 0.25) is 0 Å². The van der Waals surface area contributed by atoms with E-state index in [1.165, 1.54) is 64.2 Å². The van der Waals surface area contributed by atoms with E-state index in [2.05, 4.69) is 6.92 Å². The van der Waals surface area contributed by atoms with Gasteiger partial charge in [-0.05, 0) is 6.42 Å². The highest BCUT2D eigenvalue weighted by atomic mass is 35.7. The molecule has 0 bridgehead atoms. The average Bonchev–Trinajstić information content (AvgIpc) is 2.42. The molecule has 0 aromatic rings. The molecule has 0 unspecified atom stereocenters. The smallest absolute Gasteiger partial charge is 0.280 e. The first kappa shape index (κ1) is 20.9. The Morgan fingerprint density at radius 1 is 0.714 bits per heavy atom. The Hall–Kier alpha value is -0.0900. The molecular formula is C16H31ClO3S. The van der Waals surface area contributed by atoms with E-state index in [0.29, 0.717) is 6.42 Å². The number of hydrogen-bond donors (Lipinski definition) is 0. The zero-order valence-corrected chi connectivity index (χ0v) is 15.0. The Labute approximate surface area is 135 Å². The maximum absolute atomic E-state index is 11.0. The van der Waals surface area contributed by atoms with E-state index < -0.39 is 14.2 Å². The molecule has 0 aromatic carbocycles. The van der Waals surface area contributed by atoms with E-state index in [0.717, 1.165) is 12.8 Å². The van der Waals surface area contributed by atoms with Gasteiger partial charge in [-0.25, -0.2) is 8.42 Å². The summed E-state index contributed by atoms with van der Waals surface area (Å²) in [5.41, 5.74) is 0. The summed E-state index contributed by atoms with van der Waals surface area (Å²) in [5, 5.41) is -0.841. The van der Waals surface area contributed by atoms with Gasteiger partial charge in [-0.3, -0.25) is 4.79 Å². The van der Waals surface area contributed by atoms with E-state index in [1.54, 1.807) is 0 Å². The molecule has 0 saturated heterocycles. The van der Waals surface area contributed by atoms with Gasteiger partial charge in [0.25, 0.3) is 14.2 Å². The van der Waals surface area contributed by atoms with Crippen molar-refractivity contribution in [2.24, 2.45) is 0 Å². The van der Waals surface area contributed by atoms with Gasteiger partial charge >= 0.3 is 0 Å². The fourth-order valence-corrected chi connectivity index (χ4v) is 3.03. The molecule has 126 valence electrons. The minimum atomic E-state index is -3.99. The van der Waals surface area contributed by atoms with Crippen molar-refractivity contribution in [3.05, 3.63) is 0 Å². The van der Waals surface area contributed by atoms with Crippen molar-refractivity contribution in [1.82, 2.24) is 0 Å². The van der Waals surface area contributed by atoms with E-state index in [9.17, 15) is 13.2 Å². The summed E-state index contributed by atoms with van der Waals surface area (Å²) in [6, 6.07) is 0. The molecule has 0 aliphatic heterocycles. The van der Waals surface area contributed by atoms with Crippen molar-refractivity contribution in [3.8, 4) is 0 Å². The van der Waals surface area contributed by atoms with Gasteiger partial charge in [-0.2, -0.15) is 0 Å². The van der Waals surface area contributed by atoms with Crippen LogP contribution in [-0.4, -0.2) is 13.5 Å². The molecule has 0 atom stereocenters. The molecule has 21 heavy (non-hydrogen) atoms. The van der Waals surface area contributed by atoms with Crippen molar-refractivity contribution < 1.29 is 13.2 Å². The van der Waals surface area contributed by atoms with Crippen LogP contribution in [0.1, 0.15) is 96.8 Å². The minimum absolute atomic E-state index is 0.0591. The zero-order valence-electron chi connectivity index (χ0n) is 13.4. The second kappa shape index (κ2) is 13.6. The summed E-state index contributed by atoms with van der Waals surface area (Å²) in [5.74, 6) is 0. The molecule has 0 radical (unpaired) electrons. The van der Waals surface area contributed by atoms with Gasteiger partial charge < -0.3 is 0 Å². The minimum Gasteiger partial charge on any atom is -0.280 e.